The standard InChI is InChI=1S/C22H24ClN3O2/c1-14-9-15(2)22(16(3)10-14)25-20(27)12-26(4)13-21-24-11-19(28-21)17-5-7-18(23)8-6-17/h5-11H,12-13H2,1-4H3,(H,25,27). The Morgan fingerprint density at radius 3 is 2.43 bits per heavy atom. The monoisotopic (exact) mass is 397 g/mol. The summed E-state index contributed by atoms with van der Waals surface area (Å²) in [5.41, 5.74) is 5.10. The summed E-state index contributed by atoms with van der Waals surface area (Å²) < 4.78 is 5.80. The first-order valence-electron chi connectivity index (χ1n) is 9.08. The quantitative estimate of drug-likeness (QED) is 0.636. The number of hydrogen-bond donors (Lipinski definition) is 1. The highest BCUT2D eigenvalue weighted by atomic mass is 35.5. The maximum absolute atomic E-state index is 12.4. The number of halogens is 1. The Morgan fingerprint density at radius 2 is 1.79 bits per heavy atom. The lowest BCUT2D eigenvalue weighted by atomic mass is 10.1. The lowest BCUT2D eigenvalue weighted by molar-refractivity contribution is -0.117. The van der Waals surface area contributed by atoms with E-state index in [1.807, 2.05) is 57.0 Å². The van der Waals surface area contributed by atoms with Crippen molar-refractivity contribution in [1.82, 2.24) is 9.88 Å². The molecule has 2 aromatic carbocycles. The normalized spacial score (nSPS) is 11.1. The van der Waals surface area contributed by atoms with Crippen molar-refractivity contribution in [2.75, 3.05) is 18.9 Å². The molecule has 1 heterocycles. The van der Waals surface area contributed by atoms with Gasteiger partial charge in [0.15, 0.2) is 5.76 Å². The van der Waals surface area contributed by atoms with Crippen LogP contribution in [0.25, 0.3) is 11.3 Å². The SMILES string of the molecule is Cc1cc(C)c(NC(=O)CN(C)Cc2ncc(-c3ccc(Cl)cc3)o2)c(C)c1. The summed E-state index contributed by atoms with van der Waals surface area (Å²) in [4.78, 5) is 18.6. The van der Waals surface area contributed by atoms with Crippen LogP contribution in [-0.4, -0.2) is 29.4 Å². The summed E-state index contributed by atoms with van der Waals surface area (Å²) in [6, 6.07) is 11.5. The lowest BCUT2D eigenvalue weighted by Gasteiger charge is -2.17. The van der Waals surface area contributed by atoms with Gasteiger partial charge in [-0.2, -0.15) is 0 Å². The van der Waals surface area contributed by atoms with E-state index in [-0.39, 0.29) is 12.5 Å². The third kappa shape index (κ3) is 5.00. The third-order valence-electron chi connectivity index (χ3n) is 4.44. The molecule has 0 aliphatic carbocycles. The van der Waals surface area contributed by atoms with Crippen LogP contribution in [0.1, 0.15) is 22.6 Å². The van der Waals surface area contributed by atoms with Crippen LogP contribution in [0.3, 0.4) is 0 Å². The van der Waals surface area contributed by atoms with E-state index in [4.69, 9.17) is 16.0 Å². The van der Waals surface area contributed by atoms with E-state index >= 15 is 0 Å². The van der Waals surface area contributed by atoms with Crippen molar-refractivity contribution >= 4 is 23.2 Å². The summed E-state index contributed by atoms with van der Waals surface area (Å²) in [5.74, 6) is 1.17. The molecule has 0 atom stereocenters. The Bertz CT molecular complexity index is 957. The fraction of sp³-hybridized carbons (Fsp3) is 0.273. The topological polar surface area (TPSA) is 58.4 Å². The largest absolute Gasteiger partial charge is 0.439 e. The Kier molecular flexibility index (Phi) is 6.17. The highest BCUT2D eigenvalue weighted by Crippen LogP contribution is 2.23. The number of nitrogens with one attached hydrogen (secondary N) is 1. The second kappa shape index (κ2) is 8.59. The highest BCUT2D eigenvalue weighted by Gasteiger charge is 2.13. The second-order valence-electron chi connectivity index (χ2n) is 7.12. The van der Waals surface area contributed by atoms with E-state index in [1.54, 1.807) is 6.20 Å². The van der Waals surface area contributed by atoms with Crippen molar-refractivity contribution in [2.45, 2.75) is 27.3 Å². The Balaban J connectivity index is 1.59. The van der Waals surface area contributed by atoms with Crippen LogP contribution in [0, 0.1) is 20.8 Å². The molecule has 0 saturated carbocycles. The molecule has 0 unspecified atom stereocenters. The minimum absolute atomic E-state index is 0.0676. The molecule has 6 heteroatoms. The van der Waals surface area contributed by atoms with Gasteiger partial charge in [-0.05, 0) is 63.2 Å². The smallest absolute Gasteiger partial charge is 0.238 e. The number of amides is 1. The van der Waals surface area contributed by atoms with Gasteiger partial charge in [-0.3, -0.25) is 9.69 Å². The number of likely N-dealkylation sites (N-methyl/N-ethyl adjacent to an activating group) is 1. The van der Waals surface area contributed by atoms with Crippen LogP contribution < -0.4 is 5.32 Å². The maximum atomic E-state index is 12.4. The predicted octanol–water partition coefficient (Wildman–Crippen LogP) is 4.99. The third-order valence-corrected chi connectivity index (χ3v) is 4.69. The van der Waals surface area contributed by atoms with Gasteiger partial charge in [0.25, 0.3) is 0 Å². The highest BCUT2D eigenvalue weighted by molar-refractivity contribution is 6.30. The van der Waals surface area contributed by atoms with Gasteiger partial charge in [-0.15, -0.1) is 0 Å². The van der Waals surface area contributed by atoms with E-state index in [1.165, 1.54) is 5.56 Å². The van der Waals surface area contributed by atoms with Crippen molar-refractivity contribution in [1.29, 1.82) is 0 Å². The van der Waals surface area contributed by atoms with Crippen LogP contribution >= 0.6 is 11.6 Å². The second-order valence-corrected chi connectivity index (χ2v) is 7.56. The molecule has 0 fully saturated rings. The molecule has 3 aromatic rings. The summed E-state index contributed by atoms with van der Waals surface area (Å²) in [7, 11) is 1.86. The van der Waals surface area contributed by atoms with Gasteiger partial charge in [-0.25, -0.2) is 4.98 Å². The molecule has 0 bridgehead atoms. The molecule has 146 valence electrons. The van der Waals surface area contributed by atoms with Crippen LogP contribution in [-0.2, 0) is 11.3 Å². The average Bonchev–Trinajstić information content (AvgIpc) is 3.07. The molecule has 0 saturated heterocycles. The average molecular weight is 398 g/mol. The minimum atomic E-state index is -0.0676. The number of oxazole rings is 1. The fourth-order valence-electron chi connectivity index (χ4n) is 3.22. The Morgan fingerprint density at radius 1 is 1.14 bits per heavy atom. The number of aromatic nitrogens is 1. The van der Waals surface area contributed by atoms with Crippen LogP contribution in [0.15, 0.2) is 47.0 Å². The molecule has 0 spiro atoms. The van der Waals surface area contributed by atoms with Gasteiger partial charge in [0.05, 0.1) is 19.3 Å². The van der Waals surface area contributed by atoms with Crippen molar-refractivity contribution in [3.05, 3.63) is 70.2 Å². The van der Waals surface area contributed by atoms with Crippen LogP contribution in [0.5, 0.6) is 0 Å². The van der Waals surface area contributed by atoms with E-state index in [9.17, 15) is 4.79 Å². The zero-order valence-corrected chi connectivity index (χ0v) is 17.3. The lowest BCUT2D eigenvalue weighted by Crippen LogP contribution is -2.30. The molecule has 1 aromatic heterocycles. The number of hydrogen-bond acceptors (Lipinski definition) is 4. The maximum Gasteiger partial charge on any atom is 0.238 e. The molecule has 1 amide bonds. The van der Waals surface area contributed by atoms with Crippen molar-refractivity contribution in [3.63, 3.8) is 0 Å². The van der Waals surface area contributed by atoms with Gasteiger partial charge in [0.1, 0.15) is 0 Å². The van der Waals surface area contributed by atoms with E-state index in [0.717, 1.165) is 22.4 Å². The van der Waals surface area contributed by atoms with E-state index in [2.05, 4.69) is 22.4 Å². The van der Waals surface area contributed by atoms with Crippen LogP contribution in [0.2, 0.25) is 5.02 Å². The first-order chi connectivity index (χ1) is 13.3. The number of anilines is 1. The molecule has 5 nitrogen and oxygen atoms in total. The first-order valence-corrected chi connectivity index (χ1v) is 9.46. The number of carbonyl (C=O) groups excluding carboxylic acids is 1. The summed E-state index contributed by atoms with van der Waals surface area (Å²) in [5, 5.41) is 3.69. The summed E-state index contributed by atoms with van der Waals surface area (Å²) in [6.45, 7) is 6.74. The zero-order valence-electron chi connectivity index (χ0n) is 16.5. The van der Waals surface area contributed by atoms with Gasteiger partial charge in [0.2, 0.25) is 11.8 Å². The molecular formula is C22H24ClN3O2. The number of aryl methyl sites for hydroxylation is 3. The van der Waals surface area contributed by atoms with Gasteiger partial charge >= 0.3 is 0 Å². The summed E-state index contributed by atoms with van der Waals surface area (Å²) >= 11 is 5.92. The number of benzene rings is 2. The molecular weight excluding hydrogens is 374 g/mol. The fourth-order valence-corrected chi connectivity index (χ4v) is 3.35. The molecule has 3 rings (SSSR count). The van der Waals surface area contributed by atoms with Gasteiger partial charge < -0.3 is 9.73 Å². The molecule has 28 heavy (non-hydrogen) atoms. The Hall–Kier alpha value is -2.63. The van der Waals surface area contributed by atoms with Crippen LogP contribution in [0.4, 0.5) is 5.69 Å². The Labute approximate surface area is 170 Å². The minimum Gasteiger partial charge on any atom is -0.439 e. The van der Waals surface area contributed by atoms with Crippen molar-refractivity contribution in [2.24, 2.45) is 0 Å². The van der Waals surface area contributed by atoms with Crippen molar-refractivity contribution in [3.8, 4) is 11.3 Å². The number of rotatable bonds is 6. The molecule has 0 aliphatic rings. The van der Waals surface area contributed by atoms with Gasteiger partial charge in [0, 0.05) is 16.3 Å². The molecule has 1 N–H and O–H groups in total. The molecule has 0 aliphatic heterocycles. The van der Waals surface area contributed by atoms with Gasteiger partial charge in [-0.1, -0.05) is 29.3 Å². The van der Waals surface area contributed by atoms with Crippen molar-refractivity contribution < 1.29 is 9.21 Å². The first kappa shape index (κ1) is 20.1. The van der Waals surface area contributed by atoms with E-state index < -0.39 is 0 Å². The predicted molar refractivity (Wildman–Crippen MR) is 113 cm³/mol. The number of nitrogens with zero attached hydrogens (tertiary/aromatic N) is 2. The van der Waals surface area contributed by atoms with E-state index in [0.29, 0.717) is 23.2 Å². The summed E-state index contributed by atoms with van der Waals surface area (Å²) in [6.07, 6.45) is 1.69. The zero-order chi connectivity index (χ0) is 20.3. The molecule has 0 radical (unpaired) electrons. The number of carbonyl (C=O) groups is 1.